The Morgan fingerprint density at radius 1 is 1.67 bits per heavy atom. The lowest BCUT2D eigenvalue weighted by Gasteiger charge is -2.19. The molecule has 0 atom stereocenters. The number of hydrogen-bond donors (Lipinski definition) is 0. The first-order chi connectivity index (χ1) is 4.12. The number of alkyl halides is 1. The molecule has 0 unspecified atom stereocenters. The van der Waals surface area contributed by atoms with Crippen molar-refractivity contribution in [1.82, 2.24) is 0 Å². The lowest BCUT2D eigenvalue weighted by atomic mass is 9.98. The van der Waals surface area contributed by atoms with E-state index < -0.39 is 0 Å². The first kappa shape index (κ1) is 8.83. The number of halogens is 1. The fourth-order valence-corrected chi connectivity index (χ4v) is 0.400. The molecule has 0 radical (unpaired) electrons. The van der Waals surface area contributed by atoms with Crippen molar-refractivity contribution in [1.29, 1.82) is 0 Å². The third-order valence-corrected chi connectivity index (χ3v) is 1.68. The van der Waals surface area contributed by atoms with E-state index in [1.165, 1.54) is 6.26 Å². The first-order valence-corrected chi connectivity index (χ1v) is 3.44. The largest absolute Gasteiger partial charge is 0.501 e. The van der Waals surface area contributed by atoms with Gasteiger partial charge in [0.25, 0.3) is 0 Å². The van der Waals surface area contributed by atoms with Gasteiger partial charge in [0.2, 0.25) is 0 Å². The lowest BCUT2D eigenvalue weighted by molar-refractivity contribution is 0.155. The fraction of sp³-hybridized carbons (Fsp3) is 0.714. The zero-order valence-corrected chi connectivity index (χ0v) is 6.74. The molecule has 1 nitrogen and oxygen atoms in total. The minimum absolute atomic E-state index is 0.0652. The van der Waals surface area contributed by atoms with Crippen molar-refractivity contribution in [2.24, 2.45) is 5.41 Å². The summed E-state index contributed by atoms with van der Waals surface area (Å²) in [6.07, 6.45) is 1.44. The van der Waals surface area contributed by atoms with Gasteiger partial charge in [-0.05, 0) is 0 Å². The molecule has 0 aromatic carbocycles. The van der Waals surface area contributed by atoms with Crippen molar-refractivity contribution >= 4 is 11.6 Å². The van der Waals surface area contributed by atoms with Gasteiger partial charge >= 0.3 is 0 Å². The maximum atomic E-state index is 5.61. The van der Waals surface area contributed by atoms with Crippen LogP contribution in [0.4, 0.5) is 0 Å². The van der Waals surface area contributed by atoms with Crippen molar-refractivity contribution in [2.45, 2.75) is 13.8 Å². The molecule has 9 heavy (non-hydrogen) atoms. The zero-order chi connectivity index (χ0) is 7.33. The van der Waals surface area contributed by atoms with Gasteiger partial charge in [-0.15, -0.1) is 11.6 Å². The van der Waals surface area contributed by atoms with Gasteiger partial charge in [-0.1, -0.05) is 20.4 Å². The molecular weight excluding hydrogens is 136 g/mol. The van der Waals surface area contributed by atoms with Crippen molar-refractivity contribution in [3.8, 4) is 0 Å². The van der Waals surface area contributed by atoms with Gasteiger partial charge in [0.05, 0.1) is 12.9 Å². The van der Waals surface area contributed by atoms with Crippen LogP contribution in [0.25, 0.3) is 0 Å². The smallest absolute Gasteiger partial charge is 0.0935 e. The molecule has 0 heterocycles. The highest BCUT2D eigenvalue weighted by atomic mass is 35.5. The van der Waals surface area contributed by atoms with Crippen LogP contribution in [0.2, 0.25) is 0 Å². The number of rotatable bonds is 4. The molecule has 0 aliphatic heterocycles. The Kier molecular flexibility index (Phi) is 3.71. The van der Waals surface area contributed by atoms with Crippen LogP contribution < -0.4 is 0 Å². The molecule has 0 amide bonds. The highest BCUT2D eigenvalue weighted by Gasteiger charge is 2.15. The summed E-state index contributed by atoms with van der Waals surface area (Å²) in [5.41, 5.74) is 0.0652. The van der Waals surface area contributed by atoms with Gasteiger partial charge in [0.15, 0.2) is 0 Å². The summed E-state index contributed by atoms with van der Waals surface area (Å²) in [5, 5.41) is 0. The van der Waals surface area contributed by atoms with E-state index in [1.807, 2.05) is 13.8 Å². The van der Waals surface area contributed by atoms with E-state index in [2.05, 4.69) is 6.58 Å². The molecule has 0 N–H and O–H groups in total. The maximum absolute atomic E-state index is 5.61. The van der Waals surface area contributed by atoms with Crippen molar-refractivity contribution in [2.75, 3.05) is 12.5 Å². The van der Waals surface area contributed by atoms with E-state index in [0.29, 0.717) is 12.5 Å². The molecular formula is C7H13ClO. The molecule has 0 aromatic rings. The second kappa shape index (κ2) is 3.78. The Morgan fingerprint density at radius 2 is 2.22 bits per heavy atom. The summed E-state index contributed by atoms with van der Waals surface area (Å²) >= 11 is 5.61. The molecule has 0 spiro atoms. The van der Waals surface area contributed by atoms with Gasteiger partial charge in [0, 0.05) is 11.3 Å². The topological polar surface area (TPSA) is 9.23 Å². The number of ether oxygens (including phenoxy) is 1. The third kappa shape index (κ3) is 4.34. The van der Waals surface area contributed by atoms with E-state index in [-0.39, 0.29) is 5.41 Å². The fourth-order valence-electron chi connectivity index (χ4n) is 0.323. The van der Waals surface area contributed by atoms with Crippen LogP contribution in [0, 0.1) is 5.41 Å². The van der Waals surface area contributed by atoms with E-state index >= 15 is 0 Å². The van der Waals surface area contributed by atoms with E-state index in [0.717, 1.165) is 0 Å². The molecule has 0 fully saturated rings. The van der Waals surface area contributed by atoms with Crippen molar-refractivity contribution in [3.05, 3.63) is 12.8 Å². The molecule has 0 aliphatic carbocycles. The summed E-state index contributed by atoms with van der Waals surface area (Å²) in [6, 6.07) is 0. The van der Waals surface area contributed by atoms with Gasteiger partial charge in [-0.3, -0.25) is 0 Å². The van der Waals surface area contributed by atoms with Gasteiger partial charge in [-0.25, -0.2) is 0 Å². The van der Waals surface area contributed by atoms with E-state index in [4.69, 9.17) is 16.3 Å². The summed E-state index contributed by atoms with van der Waals surface area (Å²) in [6.45, 7) is 8.16. The van der Waals surface area contributed by atoms with Gasteiger partial charge in [0.1, 0.15) is 0 Å². The Labute approximate surface area is 61.7 Å². The molecule has 2 heteroatoms. The predicted octanol–water partition coefficient (Wildman–Crippen LogP) is 2.41. The molecule has 54 valence electrons. The minimum Gasteiger partial charge on any atom is -0.501 e. The Bertz CT molecular complexity index is 88.9. The maximum Gasteiger partial charge on any atom is 0.0935 e. The molecule has 0 aromatic heterocycles. The zero-order valence-electron chi connectivity index (χ0n) is 5.98. The van der Waals surface area contributed by atoms with Crippen LogP contribution in [0.1, 0.15) is 13.8 Å². The summed E-state index contributed by atoms with van der Waals surface area (Å²) in [5.74, 6) is 0.612. The summed E-state index contributed by atoms with van der Waals surface area (Å²) < 4.78 is 4.97. The average molecular weight is 149 g/mol. The van der Waals surface area contributed by atoms with E-state index in [9.17, 15) is 0 Å². The quantitative estimate of drug-likeness (QED) is 0.440. The highest BCUT2D eigenvalue weighted by molar-refractivity contribution is 6.18. The second-order valence-corrected chi connectivity index (χ2v) is 3.04. The second-order valence-electron chi connectivity index (χ2n) is 2.78. The van der Waals surface area contributed by atoms with Crippen LogP contribution >= 0.6 is 11.6 Å². The monoisotopic (exact) mass is 148 g/mol. The Balaban J connectivity index is 3.44. The van der Waals surface area contributed by atoms with Gasteiger partial charge in [-0.2, -0.15) is 0 Å². The molecule has 0 aliphatic rings. The number of hydrogen-bond acceptors (Lipinski definition) is 1. The van der Waals surface area contributed by atoms with E-state index in [1.54, 1.807) is 0 Å². The normalized spacial score (nSPS) is 11.0. The standard InChI is InChI=1S/C7H13ClO/c1-4-9-6-7(2,3)5-8/h4H,1,5-6H2,2-3H3. The minimum atomic E-state index is 0.0652. The van der Waals surface area contributed by atoms with Crippen LogP contribution in [-0.2, 0) is 4.74 Å². The van der Waals surface area contributed by atoms with Crippen molar-refractivity contribution < 1.29 is 4.74 Å². The molecule has 0 saturated heterocycles. The highest BCUT2D eigenvalue weighted by Crippen LogP contribution is 2.16. The first-order valence-electron chi connectivity index (χ1n) is 2.91. The Hall–Kier alpha value is -0.170. The SMILES string of the molecule is C=COCC(C)(C)CCl. The predicted molar refractivity (Wildman–Crippen MR) is 40.7 cm³/mol. The van der Waals surface area contributed by atoms with Crippen LogP contribution in [0.3, 0.4) is 0 Å². The molecule has 0 saturated carbocycles. The van der Waals surface area contributed by atoms with Gasteiger partial charge < -0.3 is 4.74 Å². The molecule has 0 bridgehead atoms. The van der Waals surface area contributed by atoms with Crippen molar-refractivity contribution in [3.63, 3.8) is 0 Å². The Morgan fingerprint density at radius 3 is 2.56 bits per heavy atom. The summed E-state index contributed by atoms with van der Waals surface area (Å²) in [4.78, 5) is 0. The van der Waals surface area contributed by atoms with Crippen LogP contribution in [0.15, 0.2) is 12.8 Å². The van der Waals surface area contributed by atoms with Crippen LogP contribution in [0.5, 0.6) is 0 Å². The average Bonchev–Trinajstić information content (AvgIpc) is 1.84. The third-order valence-electron chi connectivity index (χ3n) is 0.954. The summed E-state index contributed by atoms with van der Waals surface area (Å²) in [7, 11) is 0. The van der Waals surface area contributed by atoms with Crippen LogP contribution in [-0.4, -0.2) is 12.5 Å². The molecule has 0 rings (SSSR count). The lowest BCUT2D eigenvalue weighted by Crippen LogP contribution is -2.19.